The highest BCUT2D eigenvalue weighted by molar-refractivity contribution is 6.04. The van der Waals surface area contributed by atoms with E-state index < -0.39 is 0 Å². The number of benzene rings is 2. The summed E-state index contributed by atoms with van der Waals surface area (Å²) in [5, 5.41) is 6.07. The minimum Gasteiger partial charge on any atom is -0.496 e. The molecule has 0 radical (unpaired) electrons. The summed E-state index contributed by atoms with van der Waals surface area (Å²) in [6.45, 7) is 0.604. The number of hydrogen-bond acceptors (Lipinski definition) is 4. The van der Waals surface area contributed by atoms with E-state index in [9.17, 15) is 4.79 Å². The molecule has 0 saturated heterocycles. The molecule has 5 nitrogen and oxygen atoms in total. The molecule has 0 atom stereocenters. The van der Waals surface area contributed by atoms with Gasteiger partial charge in [0.25, 0.3) is 5.91 Å². The van der Waals surface area contributed by atoms with E-state index in [1.165, 1.54) is 0 Å². The van der Waals surface area contributed by atoms with Crippen molar-refractivity contribution >= 4 is 17.4 Å². The van der Waals surface area contributed by atoms with Gasteiger partial charge in [-0.2, -0.15) is 0 Å². The van der Waals surface area contributed by atoms with Crippen LogP contribution >= 0.6 is 0 Å². The molecule has 3 aromatic rings. The molecule has 0 fully saturated rings. The van der Waals surface area contributed by atoms with Crippen molar-refractivity contribution in [2.24, 2.45) is 0 Å². The first-order valence-electron chi connectivity index (χ1n) is 7.94. The van der Waals surface area contributed by atoms with Crippen molar-refractivity contribution in [1.82, 2.24) is 4.98 Å². The summed E-state index contributed by atoms with van der Waals surface area (Å²) in [5.74, 6) is 1.41. The maximum atomic E-state index is 12.1. The third kappa shape index (κ3) is 4.35. The summed E-state index contributed by atoms with van der Waals surface area (Å²) in [7, 11) is 1.65. The Hall–Kier alpha value is -3.34. The number of hydrogen-bond donors (Lipinski definition) is 2. The van der Waals surface area contributed by atoms with Gasteiger partial charge in [-0.15, -0.1) is 0 Å². The second-order valence-corrected chi connectivity index (χ2v) is 5.42. The largest absolute Gasteiger partial charge is 0.496 e. The minimum absolute atomic E-state index is 0.155. The SMILES string of the molecule is COc1ccccc1CNc1ccc(NC(=O)c2ccccc2)cn1. The van der Waals surface area contributed by atoms with Crippen molar-refractivity contribution in [1.29, 1.82) is 0 Å². The van der Waals surface area contributed by atoms with Crippen LogP contribution in [-0.4, -0.2) is 18.0 Å². The molecule has 3 rings (SSSR count). The van der Waals surface area contributed by atoms with Crippen molar-refractivity contribution in [3.8, 4) is 5.75 Å². The molecular weight excluding hydrogens is 314 g/mol. The molecule has 1 aromatic heterocycles. The quantitative estimate of drug-likeness (QED) is 0.717. The number of rotatable bonds is 6. The van der Waals surface area contributed by atoms with E-state index in [0.29, 0.717) is 17.8 Å². The van der Waals surface area contributed by atoms with Crippen LogP contribution in [0.2, 0.25) is 0 Å². The lowest BCUT2D eigenvalue weighted by Gasteiger charge is -2.10. The number of nitrogens with one attached hydrogen (secondary N) is 2. The molecule has 0 aliphatic heterocycles. The van der Waals surface area contributed by atoms with Gasteiger partial charge in [0.05, 0.1) is 19.0 Å². The van der Waals surface area contributed by atoms with E-state index in [-0.39, 0.29) is 5.91 Å². The molecule has 5 heteroatoms. The highest BCUT2D eigenvalue weighted by Crippen LogP contribution is 2.19. The highest BCUT2D eigenvalue weighted by Gasteiger charge is 2.06. The van der Waals surface area contributed by atoms with Crippen LogP contribution in [0, 0.1) is 0 Å². The fourth-order valence-electron chi connectivity index (χ4n) is 2.40. The average Bonchev–Trinajstić information content (AvgIpc) is 2.68. The van der Waals surface area contributed by atoms with Gasteiger partial charge in [0.15, 0.2) is 0 Å². The van der Waals surface area contributed by atoms with Crippen LogP contribution in [0.25, 0.3) is 0 Å². The number of methoxy groups -OCH3 is 1. The smallest absolute Gasteiger partial charge is 0.255 e. The lowest BCUT2D eigenvalue weighted by Crippen LogP contribution is -2.12. The first-order chi connectivity index (χ1) is 12.3. The third-order valence-corrected chi connectivity index (χ3v) is 3.71. The second kappa shape index (κ2) is 7.97. The number of ether oxygens (including phenoxy) is 1. The molecule has 1 amide bonds. The van der Waals surface area contributed by atoms with Crippen LogP contribution in [0.15, 0.2) is 72.9 Å². The van der Waals surface area contributed by atoms with E-state index in [1.54, 1.807) is 25.4 Å². The number of anilines is 2. The van der Waals surface area contributed by atoms with Crippen LogP contribution in [0.4, 0.5) is 11.5 Å². The first kappa shape index (κ1) is 16.5. The van der Waals surface area contributed by atoms with Crippen molar-refractivity contribution < 1.29 is 9.53 Å². The molecular formula is C20H19N3O2. The number of pyridine rings is 1. The Morgan fingerprint density at radius 1 is 1.00 bits per heavy atom. The fourth-order valence-corrected chi connectivity index (χ4v) is 2.40. The van der Waals surface area contributed by atoms with Gasteiger partial charge in [0, 0.05) is 17.7 Å². The maximum absolute atomic E-state index is 12.1. The minimum atomic E-state index is -0.155. The van der Waals surface area contributed by atoms with Crippen LogP contribution < -0.4 is 15.4 Å². The molecule has 2 aromatic carbocycles. The van der Waals surface area contributed by atoms with Gasteiger partial charge in [-0.3, -0.25) is 4.79 Å². The number of carbonyl (C=O) groups excluding carboxylic acids is 1. The van der Waals surface area contributed by atoms with Crippen molar-refractivity contribution in [2.45, 2.75) is 6.54 Å². The summed E-state index contributed by atoms with van der Waals surface area (Å²) in [6, 6.07) is 20.6. The number of nitrogens with zero attached hydrogens (tertiary/aromatic N) is 1. The highest BCUT2D eigenvalue weighted by atomic mass is 16.5. The Kier molecular flexibility index (Phi) is 5.26. The predicted octanol–water partition coefficient (Wildman–Crippen LogP) is 3.95. The standard InChI is InChI=1S/C20H19N3O2/c1-25-18-10-6-5-9-16(18)13-21-19-12-11-17(14-22-19)23-20(24)15-7-3-2-4-8-15/h2-12,14H,13H2,1H3,(H,21,22)(H,23,24). The number of para-hydroxylation sites is 1. The number of carbonyl (C=O) groups is 1. The molecule has 1 heterocycles. The Bertz CT molecular complexity index is 833. The Labute approximate surface area is 146 Å². The molecule has 0 unspecified atom stereocenters. The van der Waals surface area contributed by atoms with Crippen LogP contribution in [-0.2, 0) is 6.54 Å². The van der Waals surface area contributed by atoms with E-state index in [2.05, 4.69) is 15.6 Å². The summed E-state index contributed by atoms with van der Waals surface area (Å²) in [5.41, 5.74) is 2.31. The third-order valence-electron chi connectivity index (χ3n) is 3.71. The molecule has 0 aliphatic carbocycles. The van der Waals surface area contributed by atoms with Crippen molar-refractivity contribution in [3.05, 3.63) is 84.1 Å². The Morgan fingerprint density at radius 2 is 1.76 bits per heavy atom. The maximum Gasteiger partial charge on any atom is 0.255 e. The van der Waals surface area contributed by atoms with E-state index in [0.717, 1.165) is 17.1 Å². The zero-order valence-corrected chi connectivity index (χ0v) is 13.9. The van der Waals surface area contributed by atoms with Gasteiger partial charge in [-0.1, -0.05) is 36.4 Å². The van der Waals surface area contributed by atoms with E-state index >= 15 is 0 Å². The summed E-state index contributed by atoms with van der Waals surface area (Å²) < 4.78 is 5.33. The normalized spacial score (nSPS) is 10.1. The predicted molar refractivity (Wildman–Crippen MR) is 99.0 cm³/mol. The van der Waals surface area contributed by atoms with Gasteiger partial charge in [-0.25, -0.2) is 4.98 Å². The van der Waals surface area contributed by atoms with Gasteiger partial charge in [0.2, 0.25) is 0 Å². The topological polar surface area (TPSA) is 63.2 Å². The fraction of sp³-hybridized carbons (Fsp3) is 0.100. The first-order valence-corrected chi connectivity index (χ1v) is 7.94. The van der Waals surface area contributed by atoms with Gasteiger partial charge >= 0.3 is 0 Å². The number of amides is 1. The van der Waals surface area contributed by atoms with Crippen molar-refractivity contribution in [3.63, 3.8) is 0 Å². The van der Waals surface area contributed by atoms with Gasteiger partial charge < -0.3 is 15.4 Å². The summed E-state index contributed by atoms with van der Waals surface area (Å²) in [4.78, 5) is 16.4. The zero-order chi connectivity index (χ0) is 17.5. The lowest BCUT2D eigenvalue weighted by molar-refractivity contribution is 0.102. The number of aromatic nitrogens is 1. The molecule has 0 spiro atoms. The van der Waals surface area contributed by atoms with Crippen molar-refractivity contribution in [2.75, 3.05) is 17.7 Å². The summed E-state index contributed by atoms with van der Waals surface area (Å²) >= 11 is 0. The Balaban J connectivity index is 1.60. The molecule has 2 N–H and O–H groups in total. The van der Waals surface area contributed by atoms with Gasteiger partial charge in [0.1, 0.15) is 11.6 Å². The van der Waals surface area contributed by atoms with Crippen LogP contribution in [0.1, 0.15) is 15.9 Å². The monoisotopic (exact) mass is 333 g/mol. The van der Waals surface area contributed by atoms with Crippen LogP contribution in [0.3, 0.4) is 0 Å². The van der Waals surface area contributed by atoms with E-state index in [4.69, 9.17) is 4.74 Å². The molecule has 0 saturated carbocycles. The zero-order valence-electron chi connectivity index (χ0n) is 13.9. The molecule has 0 bridgehead atoms. The van der Waals surface area contributed by atoms with E-state index in [1.807, 2.05) is 54.6 Å². The average molecular weight is 333 g/mol. The summed E-state index contributed by atoms with van der Waals surface area (Å²) in [6.07, 6.45) is 1.63. The lowest BCUT2D eigenvalue weighted by atomic mass is 10.2. The Morgan fingerprint density at radius 3 is 2.48 bits per heavy atom. The second-order valence-electron chi connectivity index (χ2n) is 5.42. The van der Waals surface area contributed by atoms with Crippen LogP contribution in [0.5, 0.6) is 5.75 Å². The molecule has 126 valence electrons. The molecule has 25 heavy (non-hydrogen) atoms. The van der Waals surface area contributed by atoms with Gasteiger partial charge in [-0.05, 0) is 30.3 Å². The molecule has 0 aliphatic rings.